The summed E-state index contributed by atoms with van der Waals surface area (Å²) in [5, 5.41) is 3.01. The summed E-state index contributed by atoms with van der Waals surface area (Å²) in [6.45, 7) is 6.84. The Kier molecular flexibility index (Phi) is 46.1. The van der Waals surface area contributed by atoms with Crippen LogP contribution in [0.25, 0.3) is 0 Å². The number of likely N-dealkylation sites (N-methyl/N-ethyl adjacent to an activating group) is 1. The van der Waals surface area contributed by atoms with E-state index in [0.29, 0.717) is 17.4 Å². The van der Waals surface area contributed by atoms with Crippen LogP contribution in [-0.4, -0.2) is 69.4 Å². The van der Waals surface area contributed by atoms with Crippen molar-refractivity contribution in [3.63, 3.8) is 0 Å². The molecule has 0 spiro atoms. The summed E-state index contributed by atoms with van der Waals surface area (Å²) in [5.41, 5.74) is 0. The fourth-order valence-electron chi connectivity index (χ4n) is 8.22. The van der Waals surface area contributed by atoms with Gasteiger partial charge in [0, 0.05) is 12.8 Å². The largest absolute Gasteiger partial charge is 0.756 e. The van der Waals surface area contributed by atoms with Gasteiger partial charge in [0.05, 0.1) is 33.8 Å². The van der Waals surface area contributed by atoms with Gasteiger partial charge in [-0.3, -0.25) is 14.2 Å². The first-order valence-electron chi connectivity index (χ1n) is 28.1. The monoisotopic (exact) mass is 953 g/mol. The number of allylic oxidation sites excluding steroid dienone is 3. The molecule has 9 nitrogen and oxygen atoms in total. The Hall–Kier alpha value is -1.51. The van der Waals surface area contributed by atoms with Crippen molar-refractivity contribution >= 4 is 19.7 Å². The molecule has 0 aromatic rings. The molecule has 0 aliphatic heterocycles. The Labute approximate surface area is 409 Å². The van der Waals surface area contributed by atoms with Gasteiger partial charge >= 0.3 is 5.97 Å². The van der Waals surface area contributed by atoms with E-state index in [2.05, 4.69) is 38.2 Å². The number of ether oxygens (including phenoxy) is 1. The van der Waals surface area contributed by atoms with Gasteiger partial charge in [0.25, 0.3) is 7.82 Å². The number of esters is 1. The van der Waals surface area contributed by atoms with Crippen molar-refractivity contribution < 1.29 is 37.3 Å². The number of phosphoric ester groups is 1. The van der Waals surface area contributed by atoms with Crippen molar-refractivity contribution in [1.82, 2.24) is 5.32 Å². The number of amides is 1. The van der Waals surface area contributed by atoms with Gasteiger partial charge in [-0.2, -0.15) is 0 Å². The van der Waals surface area contributed by atoms with Gasteiger partial charge in [-0.15, -0.1) is 0 Å². The van der Waals surface area contributed by atoms with Crippen LogP contribution in [0.4, 0.5) is 0 Å². The quantitative estimate of drug-likeness (QED) is 0.0212. The molecule has 66 heavy (non-hydrogen) atoms. The summed E-state index contributed by atoms with van der Waals surface area (Å²) < 4.78 is 30.2. The second-order valence-corrected chi connectivity index (χ2v) is 21.9. The normalized spacial score (nSPS) is 14.0. The van der Waals surface area contributed by atoms with Gasteiger partial charge in [-0.25, -0.2) is 0 Å². The fourth-order valence-corrected chi connectivity index (χ4v) is 8.95. The third-order valence-electron chi connectivity index (χ3n) is 12.6. The Balaban J connectivity index is 5.34. The highest BCUT2D eigenvalue weighted by atomic mass is 31.2. The summed E-state index contributed by atoms with van der Waals surface area (Å²) >= 11 is 0. The first-order chi connectivity index (χ1) is 31.9. The molecular formula is C56H109N2O7P. The van der Waals surface area contributed by atoms with Crippen LogP contribution in [0.2, 0.25) is 0 Å². The maximum Gasteiger partial charge on any atom is 0.306 e. The molecule has 0 aromatic heterocycles. The molecule has 3 atom stereocenters. The van der Waals surface area contributed by atoms with E-state index >= 15 is 0 Å². The van der Waals surface area contributed by atoms with Crippen molar-refractivity contribution in [2.75, 3.05) is 40.9 Å². The number of unbranched alkanes of at least 4 members (excludes halogenated alkanes) is 33. The molecule has 0 aliphatic rings. The lowest BCUT2D eigenvalue weighted by Crippen LogP contribution is -2.47. The predicted molar refractivity (Wildman–Crippen MR) is 280 cm³/mol. The molecule has 1 N–H and O–H groups in total. The molecule has 1 amide bonds. The predicted octanol–water partition coefficient (Wildman–Crippen LogP) is 16.0. The van der Waals surface area contributed by atoms with Gasteiger partial charge < -0.3 is 28.5 Å². The third kappa shape index (κ3) is 47.6. The van der Waals surface area contributed by atoms with E-state index in [0.717, 1.165) is 70.6 Å². The number of rotatable bonds is 51. The molecule has 0 radical (unpaired) electrons. The van der Waals surface area contributed by atoms with Crippen LogP contribution in [0.5, 0.6) is 0 Å². The van der Waals surface area contributed by atoms with E-state index in [1.807, 2.05) is 33.3 Å². The van der Waals surface area contributed by atoms with Gasteiger partial charge in [0.1, 0.15) is 19.3 Å². The maximum absolute atomic E-state index is 13.4. The number of carbonyl (C=O) groups excluding carboxylic acids is 2. The zero-order chi connectivity index (χ0) is 48.7. The minimum atomic E-state index is -4.69. The van der Waals surface area contributed by atoms with Crippen molar-refractivity contribution in [3.8, 4) is 0 Å². The molecule has 0 aromatic carbocycles. The molecule has 0 saturated heterocycles. The minimum Gasteiger partial charge on any atom is -0.756 e. The van der Waals surface area contributed by atoms with Gasteiger partial charge in [0.2, 0.25) is 5.91 Å². The lowest BCUT2D eigenvalue weighted by atomic mass is 10.0. The van der Waals surface area contributed by atoms with Crippen LogP contribution in [0.1, 0.15) is 271 Å². The van der Waals surface area contributed by atoms with E-state index in [-0.39, 0.29) is 31.5 Å². The van der Waals surface area contributed by atoms with Crippen molar-refractivity contribution in [2.24, 2.45) is 0 Å². The number of phosphoric acid groups is 1. The second kappa shape index (κ2) is 47.2. The zero-order valence-corrected chi connectivity index (χ0v) is 45.3. The topological polar surface area (TPSA) is 114 Å². The third-order valence-corrected chi connectivity index (χ3v) is 13.6. The number of quaternary nitrogens is 1. The molecule has 0 fully saturated rings. The molecule has 390 valence electrons. The van der Waals surface area contributed by atoms with Crippen LogP contribution >= 0.6 is 7.82 Å². The van der Waals surface area contributed by atoms with Crippen molar-refractivity contribution in [3.05, 3.63) is 24.3 Å². The summed E-state index contributed by atoms with van der Waals surface area (Å²) in [7, 11) is 1.19. The highest BCUT2D eigenvalue weighted by Crippen LogP contribution is 2.38. The Bertz CT molecular complexity index is 1190. The lowest BCUT2D eigenvalue weighted by Gasteiger charge is -2.30. The van der Waals surface area contributed by atoms with Crippen LogP contribution in [0, 0.1) is 0 Å². The average molecular weight is 953 g/mol. The first kappa shape index (κ1) is 64.5. The average Bonchev–Trinajstić information content (AvgIpc) is 3.27. The van der Waals surface area contributed by atoms with Gasteiger partial charge in [-0.1, -0.05) is 225 Å². The van der Waals surface area contributed by atoms with E-state index in [9.17, 15) is 19.0 Å². The maximum atomic E-state index is 13.4. The number of hydrogen-bond acceptors (Lipinski definition) is 7. The van der Waals surface area contributed by atoms with Crippen molar-refractivity contribution in [1.29, 1.82) is 0 Å². The Morgan fingerprint density at radius 3 is 1.30 bits per heavy atom. The molecule has 0 saturated carbocycles. The van der Waals surface area contributed by atoms with Crippen LogP contribution in [0.15, 0.2) is 24.3 Å². The highest BCUT2D eigenvalue weighted by Gasteiger charge is 2.27. The summed E-state index contributed by atoms with van der Waals surface area (Å²) in [5.74, 6) is -0.549. The zero-order valence-electron chi connectivity index (χ0n) is 44.4. The Morgan fingerprint density at radius 2 is 0.879 bits per heavy atom. The number of hydrogen-bond donors (Lipinski definition) is 1. The SMILES string of the molecule is CCCCCCCCC/C=C\CCCCCC(=O)NC(COP(=O)([O-])OCC[N+](C)(C)C)C(/C=C/CCCCCCCCCCC)OC(=O)CCCCCCCCCCCCCCCCC. The first-order valence-corrected chi connectivity index (χ1v) is 29.6. The molecule has 0 bridgehead atoms. The highest BCUT2D eigenvalue weighted by molar-refractivity contribution is 7.45. The van der Waals surface area contributed by atoms with Crippen LogP contribution in [0.3, 0.4) is 0 Å². The van der Waals surface area contributed by atoms with E-state index in [4.69, 9.17) is 13.8 Å². The number of nitrogens with zero attached hydrogens (tertiary/aromatic N) is 1. The molecule has 0 rings (SSSR count). The van der Waals surface area contributed by atoms with Gasteiger partial charge in [-0.05, 0) is 57.4 Å². The molecule has 0 heterocycles. The second-order valence-electron chi connectivity index (χ2n) is 20.4. The smallest absolute Gasteiger partial charge is 0.306 e. The number of carbonyl (C=O) groups is 2. The molecule has 10 heteroatoms. The number of nitrogens with one attached hydrogen (secondary N) is 1. The Morgan fingerprint density at radius 1 is 0.515 bits per heavy atom. The molecular weight excluding hydrogens is 844 g/mol. The van der Waals surface area contributed by atoms with E-state index in [1.165, 1.54) is 167 Å². The van der Waals surface area contributed by atoms with E-state index < -0.39 is 20.0 Å². The van der Waals surface area contributed by atoms with Crippen LogP contribution in [-0.2, 0) is 27.9 Å². The van der Waals surface area contributed by atoms with Gasteiger partial charge in [0.15, 0.2) is 0 Å². The molecule has 0 aliphatic carbocycles. The fraction of sp³-hybridized carbons (Fsp3) is 0.893. The van der Waals surface area contributed by atoms with Crippen LogP contribution < -0.4 is 10.2 Å². The van der Waals surface area contributed by atoms with E-state index in [1.54, 1.807) is 0 Å². The van der Waals surface area contributed by atoms with Crippen molar-refractivity contribution in [2.45, 2.75) is 283 Å². The lowest BCUT2D eigenvalue weighted by molar-refractivity contribution is -0.870. The standard InChI is InChI=1S/C56H109N2O7P/c1-7-10-13-16-19-22-25-27-29-31-34-37-40-43-46-49-56(60)65-54(47-44-41-38-35-32-24-21-18-15-12-9-3)53(52-64-66(61,62)63-51-50-58(4,5)6)57-55(59)48-45-42-39-36-33-30-28-26-23-20-17-14-11-8-2/h30,33,44,47,53-54H,7-29,31-32,34-43,45-46,48-52H2,1-6H3,(H-,57,59,61,62)/b33-30-,47-44+. The summed E-state index contributed by atoms with van der Waals surface area (Å²) in [6.07, 6.45) is 52.8. The molecule has 3 unspecified atom stereocenters. The minimum absolute atomic E-state index is 0.0219. The summed E-state index contributed by atoms with van der Waals surface area (Å²) in [6, 6.07) is -0.888. The summed E-state index contributed by atoms with van der Waals surface area (Å²) in [4.78, 5) is 39.7.